The molecule has 210 valence electrons. The number of nitrogens with zero attached hydrogens (tertiary/aromatic N) is 3. The van der Waals surface area contributed by atoms with Gasteiger partial charge in [0, 0.05) is 35.4 Å². The number of imidazole rings is 1. The second-order valence-corrected chi connectivity index (χ2v) is 11.1. The standard InChI is InChI=1S/C29H26ClFN6O3S/c1-40-25-18-20(8-13-23(25)31)26-27(37-28(36-26)19-6-3-2-4-7-19)24-14-17-33-29(35-24)32-15-5-16-34-41(38,39)22-11-9-21(30)10-12-22/h2-4,6-14,17-18,34H,5,15-16H2,1H3,(H,36,37)(H,32,33,35). The van der Waals surface area contributed by atoms with Crippen LogP contribution in [0.4, 0.5) is 10.3 Å². The zero-order chi connectivity index (χ0) is 28.8. The van der Waals surface area contributed by atoms with Gasteiger partial charge in [-0.3, -0.25) is 0 Å². The van der Waals surface area contributed by atoms with E-state index in [1.165, 1.54) is 37.4 Å². The number of rotatable bonds is 11. The molecule has 0 amide bonds. The second kappa shape index (κ2) is 12.5. The van der Waals surface area contributed by atoms with E-state index in [1.54, 1.807) is 24.4 Å². The van der Waals surface area contributed by atoms with Crippen molar-refractivity contribution in [3.05, 3.63) is 95.9 Å². The van der Waals surface area contributed by atoms with Crippen molar-refractivity contribution < 1.29 is 17.5 Å². The first kappa shape index (κ1) is 28.2. The number of sulfonamides is 1. The molecule has 3 N–H and O–H groups in total. The molecule has 5 aromatic rings. The van der Waals surface area contributed by atoms with Gasteiger partial charge in [-0.15, -0.1) is 0 Å². The van der Waals surface area contributed by atoms with Crippen LogP contribution < -0.4 is 14.8 Å². The number of aromatic amines is 1. The predicted octanol–water partition coefficient (Wildman–Crippen LogP) is 5.78. The fourth-order valence-corrected chi connectivity index (χ4v) is 5.28. The van der Waals surface area contributed by atoms with Gasteiger partial charge in [-0.05, 0) is 55.0 Å². The molecule has 0 saturated heterocycles. The van der Waals surface area contributed by atoms with Gasteiger partial charge in [0.1, 0.15) is 5.82 Å². The highest BCUT2D eigenvalue weighted by atomic mass is 35.5. The summed E-state index contributed by atoms with van der Waals surface area (Å²) in [6.45, 7) is 0.641. The van der Waals surface area contributed by atoms with Crippen LogP contribution in [0.2, 0.25) is 5.02 Å². The Balaban J connectivity index is 1.33. The Hall–Kier alpha value is -4.32. The lowest BCUT2D eigenvalue weighted by molar-refractivity contribution is 0.387. The summed E-state index contributed by atoms with van der Waals surface area (Å²) >= 11 is 5.84. The minimum absolute atomic E-state index is 0.106. The molecule has 0 spiro atoms. The third kappa shape index (κ3) is 6.71. The van der Waals surface area contributed by atoms with E-state index >= 15 is 0 Å². The van der Waals surface area contributed by atoms with E-state index in [-0.39, 0.29) is 17.2 Å². The molecule has 0 aliphatic heterocycles. The zero-order valence-electron chi connectivity index (χ0n) is 21.9. The number of hydrogen-bond acceptors (Lipinski definition) is 7. The molecule has 0 radical (unpaired) electrons. The van der Waals surface area contributed by atoms with Crippen LogP contribution in [0.3, 0.4) is 0 Å². The molecule has 9 nitrogen and oxygen atoms in total. The van der Waals surface area contributed by atoms with Gasteiger partial charge in [-0.1, -0.05) is 41.9 Å². The zero-order valence-corrected chi connectivity index (χ0v) is 23.5. The molecule has 0 atom stereocenters. The van der Waals surface area contributed by atoms with Gasteiger partial charge in [-0.25, -0.2) is 32.5 Å². The highest BCUT2D eigenvalue weighted by molar-refractivity contribution is 7.89. The first-order valence-corrected chi connectivity index (χ1v) is 14.5. The fourth-order valence-electron chi connectivity index (χ4n) is 4.08. The summed E-state index contributed by atoms with van der Waals surface area (Å²) in [6.07, 6.45) is 2.11. The van der Waals surface area contributed by atoms with Gasteiger partial charge in [0.05, 0.1) is 29.1 Å². The van der Waals surface area contributed by atoms with Crippen LogP contribution in [0.15, 0.2) is 90.0 Å². The molecule has 0 bridgehead atoms. The monoisotopic (exact) mass is 592 g/mol. The van der Waals surface area contributed by atoms with Crippen molar-refractivity contribution in [3.63, 3.8) is 0 Å². The lowest BCUT2D eigenvalue weighted by Gasteiger charge is -2.09. The SMILES string of the molecule is COc1cc(-c2nc(-c3ccccc3)[nH]c2-c2ccnc(NCCCNS(=O)(=O)c3ccc(Cl)cc3)n2)ccc1F. The summed E-state index contributed by atoms with van der Waals surface area (Å²) < 4.78 is 46.8. The van der Waals surface area contributed by atoms with E-state index in [0.29, 0.717) is 52.4 Å². The number of H-pyrrole nitrogens is 1. The number of anilines is 1. The molecule has 41 heavy (non-hydrogen) atoms. The Kier molecular flexibility index (Phi) is 8.58. The molecule has 0 saturated carbocycles. The van der Waals surface area contributed by atoms with Crippen molar-refractivity contribution in [1.82, 2.24) is 24.7 Å². The summed E-state index contributed by atoms with van der Waals surface area (Å²) in [5.74, 6) is 0.622. The van der Waals surface area contributed by atoms with Gasteiger partial charge >= 0.3 is 0 Å². The maximum Gasteiger partial charge on any atom is 0.240 e. The van der Waals surface area contributed by atoms with Crippen molar-refractivity contribution in [2.45, 2.75) is 11.3 Å². The fraction of sp³-hybridized carbons (Fsp3) is 0.138. The van der Waals surface area contributed by atoms with Crippen LogP contribution in [-0.4, -0.2) is 48.6 Å². The number of ether oxygens (including phenoxy) is 1. The van der Waals surface area contributed by atoms with Crippen LogP contribution >= 0.6 is 11.6 Å². The van der Waals surface area contributed by atoms with Gasteiger partial charge < -0.3 is 15.0 Å². The van der Waals surface area contributed by atoms with Gasteiger partial charge in [0.25, 0.3) is 0 Å². The third-order valence-electron chi connectivity index (χ3n) is 6.14. The number of aromatic nitrogens is 4. The highest BCUT2D eigenvalue weighted by Crippen LogP contribution is 2.34. The van der Waals surface area contributed by atoms with E-state index in [1.807, 2.05) is 30.3 Å². The topological polar surface area (TPSA) is 122 Å². The van der Waals surface area contributed by atoms with Crippen LogP contribution in [0.25, 0.3) is 34.0 Å². The molecule has 2 heterocycles. The number of hydrogen-bond donors (Lipinski definition) is 3. The van der Waals surface area contributed by atoms with Crippen molar-refractivity contribution >= 4 is 27.6 Å². The minimum atomic E-state index is -3.64. The van der Waals surface area contributed by atoms with Crippen molar-refractivity contribution in [3.8, 4) is 39.8 Å². The summed E-state index contributed by atoms with van der Waals surface area (Å²) in [6, 6.07) is 21.9. The maximum absolute atomic E-state index is 14.1. The van der Waals surface area contributed by atoms with Gasteiger partial charge in [0.15, 0.2) is 11.6 Å². The van der Waals surface area contributed by atoms with Crippen LogP contribution in [0.1, 0.15) is 6.42 Å². The van der Waals surface area contributed by atoms with Crippen molar-refractivity contribution in [1.29, 1.82) is 0 Å². The Morgan fingerprint density at radius 3 is 2.49 bits per heavy atom. The second-order valence-electron chi connectivity index (χ2n) is 8.92. The average Bonchev–Trinajstić information content (AvgIpc) is 3.44. The normalized spacial score (nSPS) is 11.4. The number of methoxy groups -OCH3 is 1. The van der Waals surface area contributed by atoms with Crippen LogP contribution in [-0.2, 0) is 10.0 Å². The smallest absolute Gasteiger partial charge is 0.240 e. The Morgan fingerprint density at radius 2 is 1.73 bits per heavy atom. The Bertz CT molecular complexity index is 1750. The average molecular weight is 593 g/mol. The van der Waals surface area contributed by atoms with Crippen molar-refractivity contribution in [2.75, 3.05) is 25.5 Å². The minimum Gasteiger partial charge on any atom is -0.494 e. The quantitative estimate of drug-likeness (QED) is 0.166. The van der Waals surface area contributed by atoms with E-state index < -0.39 is 15.8 Å². The molecule has 0 fully saturated rings. The predicted molar refractivity (Wildman–Crippen MR) is 157 cm³/mol. The van der Waals surface area contributed by atoms with Crippen molar-refractivity contribution in [2.24, 2.45) is 0 Å². The molecular weight excluding hydrogens is 567 g/mol. The van der Waals surface area contributed by atoms with Crippen LogP contribution in [0.5, 0.6) is 5.75 Å². The molecule has 0 unspecified atom stereocenters. The van der Waals surface area contributed by atoms with E-state index in [4.69, 9.17) is 21.3 Å². The lowest BCUT2D eigenvalue weighted by Crippen LogP contribution is -2.26. The van der Waals surface area contributed by atoms with Crippen LogP contribution in [0, 0.1) is 5.82 Å². The summed E-state index contributed by atoms with van der Waals surface area (Å²) in [5, 5.41) is 3.60. The third-order valence-corrected chi connectivity index (χ3v) is 7.87. The van der Waals surface area contributed by atoms with E-state index in [0.717, 1.165) is 5.56 Å². The molecule has 12 heteroatoms. The largest absolute Gasteiger partial charge is 0.494 e. The molecule has 0 aliphatic carbocycles. The first-order chi connectivity index (χ1) is 19.8. The number of benzene rings is 3. The summed E-state index contributed by atoms with van der Waals surface area (Å²) in [4.78, 5) is 17.3. The molecule has 3 aromatic carbocycles. The number of halogens is 2. The van der Waals surface area contributed by atoms with E-state index in [2.05, 4.69) is 25.0 Å². The van der Waals surface area contributed by atoms with Gasteiger partial charge in [-0.2, -0.15) is 0 Å². The number of nitrogens with one attached hydrogen (secondary N) is 3. The molecular formula is C29H26ClFN6O3S. The Labute approximate surface area is 241 Å². The van der Waals surface area contributed by atoms with E-state index in [9.17, 15) is 12.8 Å². The summed E-state index contributed by atoms with van der Waals surface area (Å²) in [5.41, 5.74) is 3.29. The summed E-state index contributed by atoms with van der Waals surface area (Å²) in [7, 11) is -2.22. The molecule has 2 aromatic heterocycles. The first-order valence-electron chi connectivity index (χ1n) is 12.7. The Morgan fingerprint density at radius 1 is 0.951 bits per heavy atom. The molecule has 0 aliphatic rings. The molecule has 5 rings (SSSR count). The highest BCUT2D eigenvalue weighted by Gasteiger charge is 2.19. The van der Waals surface area contributed by atoms with Gasteiger partial charge in [0.2, 0.25) is 16.0 Å². The maximum atomic E-state index is 14.1. The lowest BCUT2D eigenvalue weighted by atomic mass is 10.1.